The molecule has 20 heavy (non-hydrogen) atoms. The third-order valence-electron chi connectivity index (χ3n) is 3.28. The minimum Gasteiger partial charge on any atom is -0.481 e. The normalized spacial score (nSPS) is 19.1. The highest BCUT2D eigenvalue weighted by atomic mass is 16.5. The summed E-state index contributed by atoms with van der Waals surface area (Å²) < 4.78 is 7.02. The summed E-state index contributed by atoms with van der Waals surface area (Å²) in [4.78, 5) is 24.6. The summed E-state index contributed by atoms with van der Waals surface area (Å²) in [6.07, 6.45) is -0.505. The highest BCUT2D eigenvalue weighted by Crippen LogP contribution is 2.10. The zero-order valence-corrected chi connectivity index (χ0v) is 11.7. The van der Waals surface area contributed by atoms with Crippen molar-refractivity contribution >= 4 is 11.9 Å². The van der Waals surface area contributed by atoms with Gasteiger partial charge in [-0.1, -0.05) is 0 Å². The molecule has 1 aromatic heterocycles. The molecule has 0 saturated carbocycles. The minimum atomic E-state index is -0.914. The van der Waals surface area contributed by atoms with Crippen LogP contribution in [-0.2, 0) is 20.9 Å². The van der Waals surface area contributed by atoms with Crippen LogP contribution >= 0.6 is 0 Å². The number of aromatic nitrogens is 2. The molecular formula is C13H19N3O4. The molecular weight excluding hydrogens is 262 g/mol. The van der Waals surface area contributed by atoms with Crippen molar-refractivity contribution in [3.8, 4) is 0 Å². The van der Waals surface area contributed by atoms with Gasteiger partial charge >= 0.3 is 5.97 Å². The van der Waals surface area contributed by atoms with Gasteiger partial charge in [0.05, 0.1) is 24.8 Å². The number of carbonyl (C=O) groups excluding carboxylic acids is 1. The van der Waals surface area contributed by atoms with Crippen LogP contribution in [0, 0.1) is 13.8 Å². The maximum absolute atomic E-state index is 12.2. The van der Waals surface area contributed by atoms with E-state index in [9.17, 15) is 9.59 Å². The Kier molecular flexibility index (Phi) is 4.39. The molecule has 1 amide bonds. The number of nitrogens with zero attached hydrogens (tertiary/aromatic N) is 3. The lowest BCUT2D eigenvalue weighted by atomic mass is 10.2. The van der Waals surface area contributed by atoms with Crippen LogP contribution in [0.25, 0.3) is 0 Å². The standard InChI is InChI=1S/C13H19N3O4/c1-9-5-10(2)16(14-9)8-12(17)15-3-4-20-11(7-15)6-13(18)19/h5,11H,3-4,6-8H2,1-2H3,(H,18,19)/t11-/m1/s1. The monoisotopic (exact) mass is 281 g/mol. The molecule has 0 unspecified atom stereocenters. The van der Waals surface area contributed by atoms with E-state index in [0.717, 1.165) is 11.4 Å². The number of aliphatic carboxylic acids is 1. The van der Waals surface area contributed by atoms with E-state index in [2.05, 4.69) is 5.10 Å². The summed E-state index contributed by atoms with van der Waals surface area (Å²) in [5, 5.41) is 13.0. The minimum absolute atomic E-state index is 0.0603. The molecule has 0 bridgehead atoms. The second-order valence-corrected chi connectivity index (χ2v) is 5.02. The number of hydrogen-bond acceptors (Lipinski definition) is 4. The molecule has 2 rings (SSSR count). The number of morpholine rings is 1. The van der Waals surface area contributed by atoms with Gasteiger partial charge in [-0.3, -0.25) is 14.3 Å². The first-order valence-electron chi connectivity index (χ1n) is 6.58. The summed E-state index contributed by atoms with van der Waals surface area (Å²) >= 11 is 0. The molecule has 7 heteroatoms. The Morgan fingerprint density at radius 2 is 2.25 bits per heavy atom. The quantitative estimate of drug-likeness (QED) is 0.852. The van der Waals surface area contributed by atoms with Crippen LogP contribution in [0.1, 0.15) is 17.8 Å². The Bertz CT molecular complexity index is 512. The lowest BCUT2D eigenvalue weighted by Gasteiger charge is -2.32. The van der Waals surface area contributed by atoms with Gasteiger partial charge in [0.1, 0.15) is 6.54 Å². The second-order valence-electron chi connectivity index (χ2n) is 5.02. The molecule has 0 spiro atoms. The molecule has 0 radical (unpaired) electrons. The number of rotatable bonds is 4. The number of amides is 1. The van der Waals surface area contributed by atoms with Gasteiger partial charge in [0.2, 0.25) is 5.91 Å². The summed E-state index contributed by atoms with van der Waals surface area (Å²) in [5.74, 6) is -0.974. The van der Waals surface area contributed by atoms with Gasteiger partial charge in [-0.15, -0.1) is 0 Å². The van der Waals surface area contributed by atoms with Crippen LogP contribution in [0.2, 0.25) is 0 Å². The Balaban J connectivity index is 1.95. The fourth-order valence-electron chi connectivity index (χ4n) is 2.33. The highest BCUT2D eigenvalue weighted by Gasteiger charge is 2.26. The van der Waals surface area contributed by atoms with E-state index in [-0.39, 0.29) is 18.9 Å². The number of aryl methyl sites for hydroxylation is 2. The van der Waals surface area contributed by atoms with Gasteiger partial charge < -0.3 is 14.7 Å². The van der Waals surface area contributed by atoms with Crippen molar-refractivity contribution < 1.29 is 19.4 Å². The first kappa shape index (κ1) is 14.5. The van der Waals surface area contributed by atoms with Gasteiger partial charge in [0.25, 0.3) is 0 Å². The molecule has 0 aliphatic carbocycles. The third-order valence-corrected chi connectivity index (χ3v) is 3.28. The van der Waals surface area contributed by atoms with Crippen molar-refractivity contribution in [2.45, 2.75) is 32.9 Å². The largest absolute Gasteiger partial charge is 0.481 e. The van der Waals surface area contributed by atoms with E-state index < -0.39 is 12.1 Å². The van der Waals surface area contributed by atoms with Crippen LogP contribution in [0.5, 0.6) is 0 Å². The Morgan fingerprint density at radius 3 is 2.85 bits per heavy atom. The van der Waals surface area contributed by atoms with E-state index in [0.29, 0.717) is 19.7 Å². The molecule has 1 fully saturated rings. The van der Waals surface area contributed by atoms with E-state index in [1.165, 1.54) is 0 Å². The average Bonchev–Trinajstić information content (AvgIpc) is 2.67. The van der Waals surface area contributed by atoms with Gasteiger partial charge in [0.15, 0.2) is 0 Å². The zero-order valence-electron chi connectivity index (χ0n) is 11.7. The van der Waals surface area contributed by atoms with Crippen molar-refractivity contribution in [2.75, 3.05) is 19.7 Å². The van der Waals surface area contributed by atoms with Crippen LogP contribution in [-0.4, -0.2) is 57.5 Å². The van der Waals surface area contributed by atoms with Crippen molar-refractivity contribution in [1.82, 2.24) is 14.7 Å². The van der Waals surface area contributed by atoms with Gasteiger partial charge in [-0.2, -0.15) is 5.10 Å². The first-order valence-corrected chi connectivity index (χ1v) is 6.58. The SMILES string of the molecule is Cc1cc(C)n(CC(=O)N2CCO[C@H](CC(=O)O)C2)n1. The molecule has 7 nitrogen and oxygen atoms in total. The molecule has 1 saturated heterocycles. The maximum Gasteiger partial charge on any atom is 0.306 e. The van der Waals surface area contributed by atoms with Crippen LogP contribution in [0.4, 0.5) is 0 Å². The number of carboxylic acids is 1. The summed E-state index contributed by atoms with van der Waals surface area (Å²) in [7, 11) is 0. The fourth-order valence-corrected chi connectivity index (χ4v) is 2.33. The summed E-state index contributed by atoms with van der Waals surface area (Å²) in [6, 6.07) is 1.92. The topological polar surface area (TPSA) is 84.7 Å². The molecule has 1 aromatic rings. The Labute approximate surface area is 117 Å². The summed E-state index contributed by atoms with van der Waals surface area (Å²) in [6.45, 7) is 5.16. The van der Waals surface area contributed by atoms with E-state index in [1.807, 2.05) is 19.9 Å². The zero-order chi connectivity index (χ0) is 14.7. The maximum atomic E-state index is 12.2. The molecule has 1 N–H and O–H groups in total. The Morgan fingerprint density at radius 1 is 1.50 bits per heavy atom. The lowest BCUT2D eigenvalue weighted by molar-refractivity contribution is -0.148. The molecule has 0 aromatic carbocycles. The summed E-state index contributed by atoms with van der Waals surface area (Å²) in [5.41, 5.74) is 1.81. The van der Waals surface area contributed by atoms with Gasteiger partial charge in [-0.05, 0) is 19.9 Å². The number of hydrogen-bond donors (Lipinski definition) is 1. The van der Waals surface area contributed by atoms with Crippen molar-refractivity contribution in [2.24, 2.45) is 0 Å². The molecule has 110 valence electrons. The van der Waals surface area contributed by atoms with Crippen molar-refractivity contribution in [3.63, 3.8) is 0 Å². The van der Waals surface area contributed by atoms with E-state index in [4.69, 9.17) is 9.84 Å². The van der Waals surface area contributed by atoms with Gasteiger partial charge in [0, 0.05) is 18.8 Å². The lowest BCUT2D eigenvalue weighted by Crippen LogP contribution is -2.47. The number of carbonyl (C=O) groups is 2. The Hall–Kier alpha value is -1.89. The first-order chi connectivity index (χ1) is 9.45. The van der Waals surface area contributed by atoms with Crippen LogP contribution in [0.15, 0.2) is 6.07 Å². The van der Waals surface area contributed by atoms with Gasteiger partial charge in [-0.25, -0.2) is 0 Å². The third kappa shape index (κ3) is 3.57. The second kappa shape index (κ2) is 6.04. The average molecular weight is 281 g/mol. The molecule has 2 heterocycles. The molecule has 1 aliphatic rings. The van der Waals surface area contributed by atoms with E-state index in [1.54, 1.807) is 9.58 Å². The highest BCUT2D eigenvalue weighted by molar-refractivity contribution is 5.76. The number of carboxylic acid groups (broad SMARTS) is 1. The predicted octanol–water partition coefficient (Wildman–Crippen LogP) is 0.202. The van der Waals surface area contributed by atoms with Crippen molar-refractivity contribution in [3.05, 3.63) is 17.5 Å². The predicted molar refractivity (Wildman–Crippen MR) is 70.3 cm³/mol. The smallest absolute Gasteiger partial charge is 0.306 e. The van der Waals surface area contributed by atoms with Crippen molar-refractivity contribution in [1.29, 1.82) is 0 Å². The van der Waals surface area contributed by atoms with Crippen LogP contribution in [0.3, 0.4) is 0 Å². The molecule has 1 atom stereocenters. The number of ether oxygens (including phenoxy) is 1. The molecule has 1 aliphatic heterocycles. The van der Waals surface area contributed by atoms with Crippen LogP contribution < -0.4 is 0 Å². The fraction of sp³-hybridized carbons (Fsp3) is 0.615. The van der Waals surface area contributed by atoms with E-state index >= 15 is 0 Å².